The van der Waals surface area contributed by atoms with E-state index in [4.69, 9.17) is 0 Å². The van der Waals surface area contributed by atoms with E-state index in [1.54, 1.807) is 18.3 Å². The molecule has 0 aliphatic carbocycles. The van der Waals surface area contributed by atoms with Crippen LogP contribution in [0.2, 0.25) is 0 Å². The molecule has 0 saturated heterocycles. The number of aliphatic hydroxyl groups excluding tert-OH is 1. The van der Waals surface area contributed by atoms with Gasteiger partial charge in [-0.3, -0.25) is 15.1 Å². The van der Waals surface area contributed by atoms with Crippen molar-refractivity contribution in [1.29, 1.82) is 0 Å². The number of hydrogen-bond acceptors (Lipinski definition) is 5. The summed E-state index contributed by atoms with van der Waals surface area (Å²) in [4.78, 5) is 14.8. The maximum Gasteiger partial charge on any atom is 0.278 e. The van der Waals surface area contributed by atoms with Crippen molar-refractivity contribution < 1.29 is 10.0 Å². The van der Waals surface area contributed by atoms with Gasteiger partial charge in [-0.2, -0.15) is 0 Å². The van der Waals surface area contributed by atoms with Crippen LogP contribution >= 0.6 is 0 Å². The van der Waals surface area contributed by atoms with Gasteiger partial charge in [0, 0.05) is 36.1 Å². The molecule has 6 heteroatoms. The monoisotopic (exact) mass is 323 g/mol. The van der Waals surface area contributed by atoms with E-state index in [1.165, 1.54) is 12.3 Å². The standard InChI is InChI=1S/C18H17N3O3/c22-11-9-16(13-4-2-1-3-5-13)20-17-6-7-18(21(23)24)15-12-19-10-8-14(15)17/h1-8,10,12,16,20,22H,9,11H2/t16-/m0/s1. The summed E-state index contributed by atoms with van der Waals surface area (Å²) in [7, 11) is 0. The fraction of sp³-hybridized carbons (Fsp3) is 0.167. The molecular formula is C18H17N3O3. The molecule has 24 heavy (non-hydrogen) atoms. The summed E-state index contributed by atoms with van der Waals surface area (Å²) >= 11 is 0. The molecule has 3 rings (SSSR count). The van der Waals surface area contributed by atoms with Gasteiger partial charge in [-0.1, -0.05) is 30.3 Å². The Balaban J connectivity index is 2.03. The summed E-state index contributed by atoms with van der Waals surface area (Å²) in [6, 6.07) is 14.6. The number of rotatable bonds is 6. The van der Waals surface area contributed by atoms with Crippen molar-refractivity contribution in [3.63, 3.8) is 0 Å². The number of non-ortho nitro benzene ring substituents is 1. The Hall–Kier alpha value is -2.99. The van der Waals surface area contributed by atoms with E-state index >= 15 is 0 Å². The number of nitrogens with one attached hydrogen (secondary N) is 1. The predicted molar refractivity (Wildman–Crippen MR) is 92.9 cm³/mol. The molecule has 0 spiro atoms. The SMILES string of the molecule is O=[N+]([O-])c1ccc(N[C@@H](CCO)c2ccccc2)c2ccncc12. The largest absolute Gasteiger partial charge is 0.396 e. The van der Waals surface area contributed by atoms with Crippen LogP contribution in [0.5, 0.6) is 0 Å². The molecule has 0 amide bonds. The molecule has 0 saturated carbocycles. The topological polar surface area (TPSA) is 88.3 Å². The maximum absolute atomic E-state index is 11.2. The fourth-order valence-electron chi connectivity index (χ4n) is 2.78. The van der Waals surface area contributed by atoms with Gasteiger partial charge in [-0.25, -0.2) is 0 Å². The quantitative estimate of drug-likeness (QED) is 0.533. The minimum Gasteiger partial charge on any atom is -0.396 e. The molecule has 1 atom stereocenters. The lowest BCUT2D eigenvalue weighted by molar-refractivity contribution is -0.383. The summed E-state index contributed by atoms with van der Waals surface area (Å²) in [6.45, 7) is 0.0407. The van der Waals surface area contributed by atoms with Crippen LogP contribution in [-0.2, 0) is 0 Å². The number of hydrogen-bond donors (Lipinski definition) is 2. The fourth-order valence-corrected chi connectivity index (χ4v) is 2.78. The average molecular weight is 323 g/mol. The summed E-state index contributed by atoms with van der Waals surface area (Å²) < 4.78 is 0. The highest BCUT2D eigenvalue weighted by Gasteiger charge is 2.17. The molecule has 0 unspecified atom stereocenters. The van der Waals surface area contributed by atoms with Crippen molar-refractivity contribution in [3.05, 3.63) is 76.6 Å². The van der Waals surface area contributed by atoms with Crippen molar-refractivity contribution in [3.8, 4) is 0 Å². The Morgan fingerprint density at radius 3 is 2.62 bits per heavy atom. The van der Waals surface area contributed by atoms with Crippen molar-refractivity contribution >= 4 is 22.1 Å². The van der Waals surface area contributed by atoms with Gasteiger partial charge >= 0.3 is 0 Å². The second-order valence-corrected chi connectivity index (χ2v) is 5.43. The van der Waals surface area contributed by atoms with E-state index in [9.17, 15) is 15.2 Å². The zero-order valence-electron chi connectivity index (χ0n) is 12.9. The normalized spacial score (nSPS) is 12.0. The summed E-state index contributed by atoms with van der Waals surface area (Å²) in [5.41, 5.74) is 1.86. The lowest BCUT2D eigenvalue weighted by Crippen LogP contribution is -2.12. The second-order valence-electron chi connectivity index (χ2n) is 5.43. The Morgan fingerprint density at radius 1 is 1.12 bits per heavy atom. The van der Waals surface area contributed by atoms with E-state index in [0.29, 0.717) is 11.8 Å². The van der Waals surface area contributed by atoms with Crippen LogP contribution in [0, 0.1) is 10.1 Å². The van der Waals surface area contributed by atoms with Crippen molar-refractivity contribution in [1.82, 2.24) is 4.98 Å². The van der Waals surface area contributed by atoms with Gasteiger partial charge in [0.2, 0.25) is 0 Å². The predicted octanol–water partition coefficient (Wildman–Crippen LogP) is 3.68. The molecule has 2 N–H and O–H groups in total. The molecule has 2 aromatic carbocycles. The molecule has 6 nitrogen and oxygen atoms in total. The van der Waals surface area contributed by atoms with Crippen molar-refractivity contribution in [2.75, 3.05) is 11.9 Å². The van der Waals surface area contributed by atoms with E-state index in [-0.39, 0.29) is 18.3 Å². The molecular weight excluding hydrogens is 306 g/mol. The Kier molecular flexibility index (Phi) is 4.67. The lowest BCUT2D eigenvalue weighted by Gasteiger charge is -2.20. The van der Waals surface area contributed by atoms with Crippen molar-refractivity contribution in [2.24, 2.45) is 0 Å². The maximum atomic E-state index is 11.2. The van der Waals surface area contributed by atoms with Crippen molar-refractivity contribution in [2.45, 2.75) is 12.5 Å². The second kappa shape index (κ2) is 7.06. The number of aromatic nitrogens is 1. The average Bonchev–Trinajstić information content (AvgIpc) is 2.62. The Labute approximate surface area is 138 Å². The summed E-state index contributed by atoms with van der Waals surface area (Å²) in [5.74, 6) is 0. The molecule has 0 radical (unpaired) electrons. The number of nitrogens with zero attached hydrogens (tertiary/aromatic N) is 2. The highest BCUT2D eigenvalue weighted by Crippen LogP contribution is 2.33. The lowest BCUT2D eigenvalue weighted by atomic mass is 10.0. The van der Waals surface area contributed by atoms with Gasteiger partial charge in [0.05, 0.1) is 16.4 Å². The first-order valence-electron chi connectivity index (χ1n) is 7.64. The van der Waals surface area contributed by atoms with Crippen LogP contribution in [-0.4, -0.2) is 21.6 Å². The molecule has 1 heterocycles. The highest BCUT2D eigenvalue weighted by molar-refractivity contribution is 5.99. The first-order chi connectivity index (χ1) is 11.7. The van der Waals surface area contributed by atoms with E-state index in [2.05, 4.69) is 10.3 Å². The van der Waals surface area contributed by atoms with E-state index in [1.807, 2.05) is 30.3 Å². The minimum absolute atomic E-state index is 0.0297. The number of nitro benzene ring substituents is 1. The summed E-state index contributed by atoms with van der Waals surface area (Å²) in [6.07, 6.45) is 3.65. The first kappa shape index (κ1) is 15.9. The zero-order chi connectivity index (χ0) is 16.9. The molecule has 0 bridgehead atoms. The Morgan fingerprint density at radius 2 is 1.92 bits per heavy atom. The molecule has 0 aliphatic rings. The van der Waals surface area contributed by atoms with Crippen LogP contribution in [0.4, 0.5) is 11.4 Å². The Bertz CT molecular complexity index is 853. The third kappa shape index (κ3) is 3.18. The van der Waals surface area contributed by atoms with Crippen LogP contribution in [0.1, 0.15) is 18.0 Å². The minimum atomic E-state index is -0.407. The van der Waals surface area contributed by atoms with E-state index < -0.39 is 4.92 Å². The smallest absolute Gasteiger partial charge is 0.278 e. The van der Waals surface area contributed by atoms with Crippen LogP contribution in [0.15, 0.2) is 60.9 Å². The zero-order valence-corrected chi connectivity index (χ0v) is 12.9. The van der Waals surface area contributed by atoms with Gasteiger partial charge in [0.15, 0.2) is 0 Å². The summed E-state index contributed by atoms with van der Waals surface area (Å²) in [5, 5.41) is 25.2. The number of fused-ring (bicyclic) bond motifs is 1. The third-order valence-corrected chi connectivity index (χ3v) is 3.94. The molecule has 0 fully saturated rings. The number of anilines is 1. The van der Waals surface area contributed by atoms with Gasteiger partial charge < -0.3 is 10.4 Å². The molecule has 3 aromatic rings. The van der Waals surface area contributed by atoms with Crippen LogP contribution < -0.4 is 5.32 Å². The van der Waals surface area contributed by atoms with Gasteiger partial charge in [0.25, 0.3) is 5.69 Å². The number of benzene rings is 2. The van der Waals surface area contributed by atoms with E-state index in [0.717, 1.165) is 16.6 Å². The highest BCUT2D eigenvalue weighted by atomic mass is 16.6. The van der Waals surface area contributed by atoms with Gasteiger partial charge in [0.1, 0.15) is 0 Å². The third-order valence-electron chi connectivity index (χ3n) is 3.94. The first-order valence-corrected chi connectivity index (χ1v) is 7.64. The van der Waals surface area contributed by atoms with Crippen LogP contribution in [0.3, 0.4) is 0 Å². The van der Waals surface area contributed by atoms with Crippen LogP contribution in [0.25, 0.3) is 10.8 Å². The number of aliphatic hydroxyl groups is 1. The number of pyridine rings is 1. The molecule has 0 aliphatic heterocycles. The number of nitro groups is 1. The van der Waals surface area contributed by atoms with Gasteiger partial charge in [-0.05, 0) is 24.1 Å². The molecule has 1 aromatic heterocycles. The molecule has 122 valence electrons. The van der Waals surface area contributed by atoms with Gasteiger partial charge in [-0.15, -0.1) is 0 Å².